The van der Waals surface area contributed by atoms with Crippen LogP contribution in [0, 0.1) is 0 Å². The number of hydrogen-bond acceptors (Lipinski definition) is 5. The second-order valence-corrected chi connectivity index (χ2v) is 9.37. The number of ether oxygens (including phenoxy) is 2. The molecule has 0 fully saturated rings. The predicted molar refractivity (Wildman–Crippen MR) is 143 cm³/mol. The van der Waals surface area contributed by atoms with Crippen molar-refractivity contribution < 1.29 is 24.2 Å². The predicted octanol–water partition coefficient (Wildman–Crippen LogP) is 7.41. The fourth-order valence-electron chi connectivity index (χ4n) is 3.95. The number of aliphatic hydroxyl groups is 1. The molecule has 35 heavy (non-hydrogen) atoms. The molecule has 0 saturated carbocycles. The third-order valence-corrected chi connectivity index (χ3v) is 6.11. The van der Waals surface area contributed by atoms with Crippen molar-refractivity contribution >= 4 is 18.0 Å². The first kappa shape index (κ1) is 30.9. The van der Waals surface area contributed by atoms with E-state index in [0.717, 1.165) is 24.8 Å². The van der Waals surface area contributed by atoms with Crippen molar-refractivity contribution in [3.8, 4) is 0 Å². The Morgan fingerprint density at radius 3 is 1.83 bits per heavy atom. The summed E-state index contributed by atoms with van der Waals surface area (Å²) in [5.41, 5.74) is 0.875. The highest BCUT2D eigenvalue weighted by atomic mass is 16.6. The topological polar surface area (TPSA) is 72.8 Å². The molecular weight excluding hydrogens is 440 g/mol. The summed E-state index contributed by atoms with van der Waals surface area (Å²) in [7, 11) is 0. The van der Waals surface area contributed by atoms with Crippen LogP contribution in [0.4, 0.5) is 0 Å². The largest absolute Gasteiger partial charge is 0.462 e. The van der Waals surface area contributed by atoms with Crippen molar-refractivity contribution in [2.24, 2.45) is 0 Å². The van der Waals surface area contributed by atoms with Crippen molar-refractivity contribution in [3.63, 3.8) is 0 Å². The Morgan fingerprint density at radius 2 is 1.31 bits per heavy atom. The molecule has 0 aliphatic rings. The number of hydrogen-bond donors (Lipinski definition) is 1. The zero-order valence-corrected chi connectivity index (χ0v) is 21.9. The number of benzene rings is 1. The van der Waals surface area contributed by atoms with Gasteiger partial charge in [-0.05, 0) is 18.1 Å². The molecule has 1 rings (SSSR count). The molecule has 0 radical (unpaired) electrons. The number of rotatable bonds is 22. The fraction of sp³-hybridized carbons (Fsp3) is 0.667. The van der Waals surface area contributed by atoms with Crippen LogP contribution in [0.5, 0.6) is 0 Å². The van der Waals surface area contributed by atoms with Gasteiger partial charge in [0, 0.05) is 12.5 Å². The van der Waals surface area contributed by atoms with Gasteiger partial charge >= 0.3 is 11.9 Å². The number of aliphatic hydroxyl groups excluding tert-OH is 1. The molecule has 1 aromatic rings. The summed E-state index contributed by atoms with van der Waals surface area (Å²) in [5.74, 6) is -0.889. The number of esters is 2. The molecule has 198 valence electrons. The Labute approximate surface area is 213 Å². The molecule has 0 heterocycles. The second kappa shape index (κ2) is 22.3. The van der Waals surface area contributed by atoms with E-state index in [1.54, 1.807) is 6.08 Å². The van der Waals surface area contributed by atoms with E-state index in [2.05, 4.69) is 6.92 Å². The number of unbranched alkanes of at least 4 members (excludes halogenated alkanes) is 14. The van der Waals surface area contributed by atoms with Gasteiger partial charge in [0.25, 0.3) is 0 Å². The molecule has 1 unspecified atom stereocenters. The fourth-order valence-corrected chi connectivity index (χ4v) is 3.95. The highest BCUT2D eigenvalue weighted by molar-refractivity contribution is 5.87. The molecule has 0 bridgehead atoms. The van der Waals surface area contributed by atoms with Crippen LogP contribution in [0.15, 0.2) is 36.4 Å². The van der Waals surface area contributed by atoms with Gasteiger partial charge in [0.1, 0.15) is 6.61 Å². The summed E-state index contributed by atoms with van der Waals surface area (Å²) in [6, 6.07) is 9.38. The molecule has 1 atom stereocenters. The zero-order valence-electron chi connectivity index (χ0n) is 21.9. The standard InChI is InChI=1S/C30H48O5/c1-2-3-4-5-6-7-8-9-10-11-12-13-14-15-19-22-29(32)34-26-28(25-31)35-30(33)24-23-27-20-17-16-18-21-27/h16-18,20-21,23-24,28,31H,2-15,19,22,25-26H2,1H3/b24-23+. The molecule has 5 nitrogen and oxygen atoms in total. The summed E-state index contributed by atoms with van der Waals surface area (Å²) in [6.45, 7) is 1.74. The van der Waals surface area contributed by atoms with E-state index in [0.29, 0.717) is 6.42 Å². The molecule has 0 saturated heterocycles. The van der Waals surface area contributed by atoms with E-state index in [1.165, 1.54) is 83.1 Å². The van der Waals surface area contributed by atoms with Gasteiger partial charge in [0.05, 0.1) is 6.61 Å². The highest BCUT2D eigenvalue weighted by Gasteiger charge is 2.14. The summed E-state index contributed by atoms with van der Waals surface area (Å²) < 4.78 is 10.3. The van der Waals surface area contributed by atoms with Gasteiger partial charge in [0.2, 0.25) is 0 Å². The van der Waals surface area contributed by atoms with E-state index in [4.69, 9.17) is 9.47 Å². The van der Waals surface area contributed by atoms with Gasteiger partial charge in [-0.25, -0.2) is 4.79 Å². The minimum atomic E-state index is -0.854. The van der Waals surface area contributed by atoms with Crippen LogP contribution in [-0.4, -0.2) is 36.4 Å². The maximum Gasteiger partial charge on any atom is 0.331 e. The first-order valence-corrected chi connectivity index (χ1v) is 13.9. The second-order valence-electron chi connectivity index (χ2n) is 9.37. The van der Waals surface area contributed by atoms with Gasteiger partial charge in [-0.2, -0.15) is 0 Å². The Bertz CT molecular complexity index is 671. The quantitative estimate of drug-likeness (QED) is 0.104. The summed E-state index contributed by atoms with van der Waals surface area (Å²) >= 11 is 0. The summed E-state index contributed by atoms with van der Waals surface area (Å²) in [6.07, 6.45) is 21.7. The van der Waals surface area contributed by atoms with Crippen molar-refractivity contribution in [3.05, 3.63) is 42.0 Å². The molecule has 0 aliphatic heterocycles. The lowest BCUT2D eigenvalue weighted by Crippen LogP contribution is -2.27. The minimum Gasteiger partial charge on any atom is -0.462 e. The van der Waals surface area contributed by atoms with E-state index >= 15 is 0 Å². The van der Waals surface area contributed by atoms with E-state index in [-0.39, 0.29) is 12.6 Å². The third-order valence-electron chi connectivity index (χ3n) is 6.11. The average Bonchev–Trinajstić information content (AvgIpc) is 2.88. The van der Waals surface area contributed by atoms with Gasteiger partial charge in [0.15, 0.2) is 6.10 Å². The van der Waals surface area contributed by atoms with Crippen LogP contribution in [0.1, 0.15) is 115 Å². The van der Waals surface area contributed by atoms with E-state index in [1.807, 2.05) is 30.3 Å². The lowest BCUT2D eigenvalue weighted by molar-refractivity contribution is -0.157. The van der Waals surface area contributed by atoms with Gasteiger partial charge in [-0.3, -0.25) is 4.79 Å². The zero-order chi connectivity index (χ0) is 25.4. The van der Waals surface area contributed by atoms with Crippen molar-refractivity contribution in [1.29, 1.82) is 0 Å². The third kappa shape index (κ3) is 18.8. The number of carbonyl (C=O) groups is 2. The SMILES string of the molecule is CCCCCCCCCCCCCCCCCC(=O)OCC(CO)OC(=O)/C=C/c1ccccc1. The van der Waals surface area contributed by atoms with E-state index in [9.17, 15) is 14.7 Å². The van der Waals surface area contributed by atoms with Crippen LogP contribution in [-0.2, 0) is 19.1 Å². The van der Waals surface area contributed by atoms with Crippen molar-refractivity contribution in [2.75, 3.05) is 13.2 Å². The van der Waals surface area contributed by atoms with Crippen LogP contribution in [0.25, 0.3) is 6.08 Å². The molecule has 0 aromatic heterocycles. The monoisotopic (exact) mass is 488 g/mol. The summed E-state index contributed by atoms with van der Waals surface area (Å²) in [5, 5.41) is 9.40. The van der Waals surface area contributed by atoms with Crippen molar-refractivity contribution in [2.45, 2.75) is 116 Å². The first-order chi connectivity index (χ1) is 17.2. The minimum absolute atomic E-state index is 0.126. The number of carbonyl (C=O) groups excluding carboxylic acids is 2. The lowest BCUT2D eigenvalue weighted by Gasteiger charge is -2.14. The Kier molecular flexibility index (Phi) is 19.7. The summed E-state index contributed by atoms with van der Waals surface area (Å²) in [4.78, 5) is 23.8. The Balaban J connectivity index is 1.95. The molecule has 0 spiro atoms. The highest BCUT2D eigenvalue weighted by Crippen LogP contribution is 2.14. The van der Waals surface area contributed by atoms with Gasteiger partial charge in [-0.1, -0.05) is 127 Å². The normalized spacial score (nSPS) is 12.1. The van der Waals surface area contributed by atoms with Gasteiger partial charge < -0.3 is 14.6 Å². The van der Waals surface area contributed by atoms with Gasteiger partial charge in [-0.15, -0.1) is 0 Å². The molecule has 1 N–H and O–H groups in total. The first-order valence-electron chi connectivity index (χ1n) is 13.9. The van der Waals surface area contributed by atoms with Crippen molar-refractivity contribution in [1.82, 2.24) is 0 Å². The van der Waals surface area contributed by atoms with E-state index < -0.39 is 18.7 Å². The maximum absolute atomic E-state index is 11.9. The van der Waals surface area contributed by atoms with Crippen LogP contribution in [0.2, 0.25) is 0 Å². The molecule has 1 aromatic carbocycles. The van der Waals surface area contributed by atoms with Crippen LogP contribution in [0.3, 0.4) is 0 Å². The molecule has 5 heteroatoms. The Hall–Kier alpha value is -2.14. The average molecular weight is 489 g/mol. The molecular formula is C30H48O5. The molecule has 0 amide bonds. The maximum atomic E-state index is 11.9. The van der Waals surface area contributed by atoms with Crippen LogP contribution >= 0.6 is 0 Å². The van der Waals surface area contributed by atoms with Crippen LogP contribution < -0.4 is 0 Å². The Morgan fingerprint density at radius 1 is 0.800 bits per heavy atom. The lowest BCUT2D eigenvalue weighted by atomic mass is 10.0. The smallest absolute Gasteiger partial charge is 0.331 e. The molecule has 0 aliphatic carbocycles.